The van der Waals surface area contributed by atoms with Gasteiger partial charge in [-0.05, 0) is 50.4 Å². The van der Waals surface area contributed by atoms with Crippen LogP contribution in [-0.4, -0.2) is 53.6 Å². The number of hydrogen-bond donors (Lipinski definition) is 1. The average molecular weight is 322 g/mol. The van der Waals surface area contributed by atoms with Gasteiger partial charge in [0.1, 0.15) is 5.82 Å². The number of carbonyl (C=O) groups is 1. The van der Waals surface area contributed by atoms with Crippen LogP contribution in [0.2, 0.25) is 0 Å². The summed E-state index contributed by atoms with van der Waals surface area (Å²) in [5.41, 5.74) is 0.924. The van der Waals surface area contributed by atoms with Gasteiger partial charge in [0.2, 0.25) is 5.91 Å². The zero-order chi connectivity index (χ0) is 16.8. The predicted octanol–water partition coefficient (Wildman–Crippen LogP) is 2.58. The van der Waals surface area contributed by atoms with E-state index in [1.54, 1.807) is 24.1 Å². The molecule has 1 fully saturated rings. The van der Waals surface area contributed by atoms with Crippen LogP contribution in [0.1, 0.15) is 44.2 Å². The summed E-state index contributed by atoms with van der Waals surface area (Å²) in [7, 11) is 1.79. The highest BCUT2D eigenvalue weighted by Gasteiger charge is 2.26. The van der Waals surface area contributed by atoms with E-state index in [1.165, 1.54) is 12.1 Å². The highest BCUT2D eigenvalue weighted by Crippen LogP contribution is 2.22. The fourth-order valence-corrected chi connectivity index (χ4v) is 3.21. The van der Waals surface area contributed by atoms with Crippen LogP contribution >= 0.6 is 0 Å². The molecule has 2 rings (SSSR count). The number of halogens is 1. The first kappa shape index (κ1) is 17.9. The Morgan fingerprint density at radius 3 is 2.74 bits per heavy atom. The molecule has 23 heavy (non-hydrogen) atoms. The van der Waals surface area contributed by atoms with E-state index in [0.29, 0.717) is 12.6 Å². The molecule has 1 heterocycles. The molecule has 0 aromatic heterocycles. The van der Waals surface area contributed by atoms with E-state index in [0.717, 1.165) is 37.8 Å². The Kier molecular flexibility index (Phi) is 6.54. The number of hydrogen-bond acceptors (Lipinski definition) is 3. The van der Waals surface area contributed by atoms with Gasteiger partial charge in [0.25, 0.3) is 0 Å². The first-order valence-corrected chi connectivity index (χ1v) is 8.39. The molecular weight excluding hydrogens is 295 g/mol. The Bertz CT molecular complexity index is 504. The maximum absolute atomic E-state index is 13.0. The summed E-state index contributed by atoms with van der Waals surface area (Å²) in [4.78, 5) is 16.5. The number of piperidine rings is 1. The molecule has 2 atom stereocenters. The molecule has 0 saturated carbocycles. The minimum absolute atomic E-state index is 0.0617. The second-order valence-electron chi connectivity index (χ2n) is 6.36. The van der Waals surface area contributed by atoms with Crippen molar-refractivity contribution in [3.63, 3.8) is 0 Å². The highest BCUT2D eigenvalue weighted by atomic mass is 19.1. The molecule has 128 valence electrons. The van der Waals surface area contributed by atoms with Crippen molar-refractivity contribution in [2.45, 2.75) is 44.7 Å². The summed E-state index contributed by atoms with van der Waals surface area (Å²) < 4.78 is 13.0. The third-order valence-electron chi connectivity index (χ3n) is 4.88. The minimum atomic E-state index is -0.268. The molecule has 1 aromatic rings. The largest absolute Gasteiger partial charge is 0.396 e. The lowest BCUT2D eigenvalue weighted by Crippen LogP contribution is -2.46. The average Bonchev–Trinajstić information content (AvgIpc) is 2.56. The molecule has 0 bridgehead atoms. The number of likely N-dealkylation sites (tertiary alicyclic amines) is 1. The molecule has 0 radical (unpaired) electrons. The van der Waals surface area contributed by atoms with Crippen molar-refractivity contribution < 1.29 is 14.3 Å². The zero-order valence-electron chi connectivity index (χ0n) is 14.0. The van der Waals surface area contributed by atoms with E-state index >= 15 is 0 Å². The van der Waals surface area contributed by atoms with E-state index in [-0.39, 0.29) is 24.4 Å². The summed E-state index contributed by atoms with van der Waals surface area (Å²) in [6.45, 7) is 3.41. The van der Waals surface area contributed by atoms with Gasteiger partial charge in [-0.1, -0.05) is 18.6 Å². The van der Waals surface area contributed by atoms with Crippen molar-refractivity contribution in [3.8, 4) is 0 Å². The van der Waals surface area contributed by atoms with Crippen molar-refractivity contribution in [1.82, 2.24) is 9.80 Å². The number of likely N-dealkylation sites (N-methyl/N-ethyl adjacent to an activating group) is 1. The van der Waals surface area contributed by atoms with E-state index in [4.69, 9.17) is 0 Å². The maximum Gasteiger partial charge on any atom is 0.237 e. The monoisotopic (exact) mass is 322 g/mol. The van der Waals surface area contributed by atoms with Crippen LogP contribution in [0.15, 0.2) is 24.3 Å². The van der Waals surface area contributed by atoms with Crippen LogP contribution in [0, 0.1) is 5.82 Å². The summed E-state index contributed by atoms with van der Waals surface area (Å²) in [6.07, 6.45) is 4.04. The Hall–Kier alpha value is -1.46. The number of carbonyl (C=O) groups excluding carboxylic acids is 1. The number of aliphatic hydroxyl groups excluding tert-OH is 1. The van der Waals surface area contributed by atoms with Gasteiger partial charge in [0, 0.05) is 19.7 Å². The predicted molar refractivity (Wildman–Crippen MR) is 88.5 cm³/mol. The summed E-state index contributed by atoms with van der Waals surface area (Å²) in [5, 5.41) is 9.19. The van der Waals surface area contributed by atoms with E-state index in [1.807, 2.05) is 6.92 Å². The molecule has 1 aromatic carbocycles. The summed E-state index contributed by atoms with van der Waals surface area (Å²) >= 11 is 0. The smallest absolute Gasteiger partial charge is 0.237 e. The van der Waals surface area contributed by atoms with Crippen LogP contribution < -0.4 is 0 Å². The molecule has 4 nitrogen and oxygen atoms in total. The molecule has 0 spiro atoms. The molecular formula is C18H27FN2O2. The van der Waals surface area contributed by atoms with Crippen LogP contribution in [0.5, 0.6) is 0 Å². The van der Waals surface area contributed by atoms with Crippen molar-refractivity contribution >= 4 is 5.91 Å². The number of benzene rings is 1. The second-order valence-corrected chi connectivity index (χ2v) is 6.36. The fourth-order valence-electron chi connectivity index (χ4n) is 3.21. The van der Waals surface area contributed by atoms with E-state index in [9.17, 15) is 14.3 Å². The minimum Gasteiger partial charge on any atom is -0.396 e. The van der Waals surface area contributed by atoms with Gasteiger partial charge in [0.05, 0.1) is 12.6 Å². The third-order valence-corrected chi connectivity index (χ3v) is 4.88. The lowest BCUT2D eigenvalue weighted by Gasteiger charge is -2.36. The van der Waals surface area contributed by atoms with Gasteiger partial charge in [-0.25, -0.2) is 4.39 Å². The molecule has 0 unspecified atom stereocenters. The Morgan fingerprint density at radius 1 is 1.39 bits per heavy atom. The molecule has 0 aliphatic carbocycles. The van der Waals surface area contributed by atoms with Crippen molar-refractivity contribution in [2.24, 2.45) is 0 Å². The first-order chi connectivity index (χ1) is 11.0. The van der Waals surface area contributed by atoms with Crippen LogP contribution in [0.3, 0.4) is 0 Å². The topological polar surface area (TPSA) is 43.8 Å². The summed E-state index contributed by atoms with van der Waals surface area (Å²) in [5.74, 6) is -0.207. The molecule has 1 aliphatic rings. The quantitative estimate of drug-likeness (QED) is 0.875. The lowest BCUT2D eigenvalue weighted by molar-refractivity contribution is -0.134. The van der Waals surface area contributed by atoms with Crippen molar-refractivity contribution in [2.75, 3.05) is 26.7 Å². The number of amides is 1. The highest BCUT2D eigenvalue weighted by molar-refractivity contribution is 5.78. The first-order valence-electron chi connectivity index (χ1n) is 8.39. The standard InChI is InChI=1S/C18H27FN2O2/c1-14(15-6-8-16(19)9-7-15)20(2)18(23)13-21-11-4-3-5-17(21)10-12-22/h6-9,14,17,22H,3-5,10-13H2,1-2H3/t14-,17-/m0/s1. The van der Waals surface area contributed by atoms with Gasteiger partial charge in [-0.15, -0.1) is 0 Å². The summed E-state index contributed by atoms with van der Waals surface area (Å²) in [6, 6.07) is 6.49. The van der Waals surface area contributed by atoms with Gasteiger partial charge >= 0.3 is 0 Å². The molecule has 1 saturated heterocycles. The molecule has 1 amide bonds. The molecule has 5 heteroatoms. The second kappa shape index (κ2) is 8.41. The SMILES string of the molecule is C[C@@H](c1ccc(F)cc1)N(C)C(=O)CN1CCCC[C@H]1CCO. The number of nitrogens with zero attached hydrogens (tertiary/aromatic N) is 2. The Balaban J connectivity index is 1.96. The van der Waals surface area contributed by atoms with Gasteiger partial charge in [0.15, 0.2) is 0 Å². The Labute approximate surface area is 137 Å². The van der Waals surface area contributed by atoms with Gasteiger partial charge in [-0.2, -0.15) is 0 Å². The van der Waals surface area contributed by atoms with Crippen molar-refractivity contribution in [3.05, 3.63) is 35.6 Å². The molecule has 1 aliphatic heterocycles. The number of aliphatic hydroxyl groups is 1. The third kappa shape index (κ3) is 4.75. The number of rotatable bonds is 6. The van der Waals surface area contributed by atoms with Crippen molar-refractivity contribution in [1.29, 1.82) is 0 Å². The van der Waals surface area contributed by atoms with Crippen LogP contribution in [-0.2, 0) is 4.79 Å². The molecule has 1 N–H and O–H groups in total. The van der Waals surface area contributed by atoms with Crippen LogP contribution in [0.25, 0.3) is 0 Å². The maximum atomic E-state index is 13.0. The normalized spacial score (nSPS) is 20.3. The fraction of sp³-hybridized carbons (Fsp3) is 0.611. The van der Waals surface area contributed by atoms with Gasteiger partial charge < -0.3 is 10.0 Å². The Morgan fingerprint density at radius 2 is 2.09 bits per heavy atom. The van der Waals surface area contributed by atoms with E-state index < -0.39 is 0 Å². The van der Waals surface area contributed by atoms with Crippen LogP contribution in [0.4, 0.5) is 4.39 Å². The van der Waals surface area contributed by atoms with E-state index in [2.05, 4.69) is 4.90 Å². The van der Waals surface area contributed by atoms with Gasteiger partial charge in [-0.3, -0.25) is 9.69 Å². The zero-order valence-corrected chi connectivity index (χ0v) is 14.0. The lowest BCUT2D eigenvalue weighted by atomic mass is 9.99.